The van der Waals surface area contributed by atoms with Crippen LogP contribution >= 0.6 is 0 Å². The first-order valence-electron chi connectivity index (χ1n) is 0.707. The normalized spacial score (nSPS) is 1.50. The fourth-order valence-electron chi connectivity index (χ4n) is 0. The number of hydrogen-bond acceptors (Lipinski definition) is 0. The van der Waals surface area contributed by atoms with Crippen LogP contribution in [0.5, 0.6) is 0 Å². The zero-order valence-electron chi connectivity index (χ0n) is 2.79. The fraction of sp³-hybridized carbons (Fsp3) is 0.500. The summed E-state index contributed by atoms with van der Waals surface area (Å²) in [5.74, 6) is 0. The molecule has 4 heavy (non-hydrogen) atoms. The molecule has 0 aromatic heterocycles. The number of halogens is 1. The van der Waals surface area contributed by atoms with E-state index in [0.29, 0.717) is 0 Å². The summed E-state index contributed by atoms with van der Waals surface area (Å²) in [5.41, 5.74) is 0. The monoisotopic (exact) mass is 172 g/mol. The van der Waals surface area contributed by atoms with Crippen LogP contribution in [0, 0.1) is 6.92 Å². The summed E-state index contributed by atoms with van der Waals surface area (Å²) >= 11 is 0. The van der Waals surface area contributed by atoms with Crippen molar-refractivity contribution >= 4 is 0 Å². The Labute approximate surface area is 50.5 Å². The summed E-state index contributed by atoms with van der Waals surface area (Å²) < 4.78 is 0. The van der Waals surface area contributed by atoms with Crippen LogP contribution in [0.25, 0.3) is 0 Å². The van der Waals surface area contributed by atoms with E-state index in [9.17, 15) is 0 Å². The molecule has 0 bridgehead atoms. The van der Waals surface area contributed by atoms with Gasteiger partial charge in [0.2, 0.25) is 0 Å². The summed E-state index contributed by atoms with van der Waals surface area (Å²) in [4.78, 5) is 0. The third kappa shape index (κ3) is 11.3. The molecule has 0 atom stereocenters. The van der Waals surface area contributed by atoms with E-state index in [-0.39, 0.29) is 36.5 Å². The number of rotatable bonds is 0. The first kappa shape index (κ1) is 19.4. The van der Waals surface area contributed by atoms with Crippen LogP contribution in [-0.2, 0) is 19.5 Å². The molecule has 0 saturated carbocycles. The van der Waals surface area contributed by atoms with Crippen LogP contribution in [0.3, 0.4) is 0 Å². The Balaban J connectivity index is -0.00000000500. The Morgan fingerprint density at radius 3 is 1.25 bits per heavy atom. The average molecular weight is 174 g/mol. The van der Waals surface area contributed by atoms with Crippen LogP contribution in [0.1, 0.15) is 6.92 Å². The third-order valence-electron chi connectivity index (χ3n) is 0. The van der Waals surface area contributed by atoms with E-state index in [1.165, 1.54) is 0 Å². The van der Waals surface area contributed by atoms with E-state index in [0.717, 1.165) is 0 Å². The third-order valence-corrected chi connectivity index (χ3v) is 0. The van der Waals surface area contributed by atoms with Gasteiger partial charge in [0.15, 0.2) is 0 Å². The quantitative estimate of drug-likeness (QED) is 0.290. The molecule has 0 spiro atoms. The summed E-state index contributed by atoms with van der Waals surface area (Å²) in [6, 6.07) is 0. The van der Waals surface area contributed by atoms with Crippen LogP contribution in [-0.4, -0.2) is 0 Å². The Morgan fingerprint density at radius 1 is 1.25 bits per heavy atom. The van der Waals surface area contributed by atoms with Gasteiger partial charge in [0, 0.05) is 0 Å². The molecule has 0 saturated heterocycles. The van der Waals surface area contributed by atoms with Crippen molar-refractivity contribution in [2.75, 3.05) is 0 Å². The summed E-state index contributed by atoms with van der Waals surface area (Å²) in [6.45, 7) is 5.00. The Bertz CT molecular complexity index is 6.00. The molecule has 0 aliphatic carbocycles. The van der Waals surface area contributed by atoms with E-state index >= 15 is 0 Å². The number of hydrogen-bond donors (Lipinski definition) is 0. The van der Waals surface area contributed by atoms with E-state index in [1.807, 2.05) is 0 Å². The Kier molecular flexibility index (Phi) is 158. The van der Waals surface area contributed by atoms with Gasteiger partial charge in [0.05, 0.1) is 0 Å². The smallest absolute Gasteiger partial charge is 1.00 e. The van der Waals surface area contributed by atoms with Gasteiger partial charge in [0.1, 0.15) is 0 Å². The zero-order valence-corrected chi connectivity index (χ0v) is 7.35. The summed E-state index contributed by atoms with van der Waals surface area (Å²) in [6.07, 6.45) is 0. The molecular weight excluding hydrogens is 169 g/mol. The first-order valence-corrected chi connectivity index (χ1v) is 0.707. The Hall–Kier alpha value is 1.10. The Morgan fingerprint density at radius 2 is 1.25 bits per heavy atom. The molecule has 0 N–H and O–H groups in total. The molecule has 0 unspecified atom stereocenters. The molecule has 0 radical (unpaired) electrons. The maximum absolute atomic E-state index is 3.25. The van der Waals surface area contributed by atoms with Crippen molar-refractivity contribution in [1.82, 2.24) is 0 Å². The molecule has 0 aromatic carbocycles. The standard InChI is InChI=1S/C2H5.BrH.Zn/c1-2;;/h1H2,2H3;1H;/q-1;;+2/p-1. The SMILES string of the molecule is [Br-].[CH2-]C.[Zn+2]. The van der Waals surface area contributed by atoms with Gasteiger partial charge in [-0.2, -0.15) is 6.92 Å². The van der Waals surface area contributed by atoms with Gasteiger partial charge in [-0.15, -0.1) is 0 Å². The van der Waals surface area contributed by atoms with Crippen molar-refractivity contribution in [3.63, 3.8) is 0 Å². The molecule has 2 heteroatoms. The zero-order chi connectivity index (χ0) is 2.00. The summed E-state index contributed by atoms with van der Waals surface area (Å²) in [5, 5.41) is 0. The second-order valence-electron chi connectivity index (χ2n) is 0. The van der Waals surface area contributed by atoms with Crippen molar-refractivity contribution in [3.8, 4) is 0 Å². The molecule has 0 nitrogen and oxygen atoms in total. The second kappa shape index (κ2) is 32.5. The molecule has 0 fully saturated rings. The topological polar surface area (TPSA) is 0 Å². The predicted octanol–water partition coefficient (Wildman–Crippen LogP) is -2.16. The van der Waals surface area contributed by atoms with Crippen LogP contribution in [0.15, 0.2) is 0 Å². The van der Waals surface area contributed by atoms with Gasteiger partial charge in [-0.1, -0.05) is 0 Å². The second-order valence-corrected chi connectivity index (χ2v) is 0. The first-order chi connectivity index (χ1) is 1.00. The van der Waals surface area contributed by atoms with Crippen molar-refractivity contribution in [2.24, 2.45) is 0 Å². The van der Waals surface area contributed by atoms with Crippen LogP contribution < -0.4 is 17.0 Å². The maximum Gasteiger partial charge on any atom is 2.00 e. The summed E-state index contributed by atoms with van der Waals surface area (Å²) in [7, 11) is 0. The molecule has 0 aliphatic rings. The van der Waals surface area contributed by atoms with Crippen molar-refractivity contribution in [1.29, 1.82) is 0 Å². The van der Waals surface area contributed by atoms with Gasteiger partial charge in [-0.05, 0) is 0 Å². The maximum atomic E-state index is 3.25. The fourth-order valence-corrected chi connectivity index (χ4v) is 0. The van der Waals surface area contributed by atoms with Crippen LogP contribution in [0.2, 0.25) is 0 Å². The van der Waals surface area contributed by atoms with Crippen molar-refractivity contribution in [3.05, 3.63) is 6.92 Å². The molecule has 0 amide bonds. The molecule has 0 aliphatic heterocycles. The van der Waals surface area contributed by atoms with E-state index in [4.69, 9.17) is 0 Å². The molecular formula is C2H5BrZn. The van der Waals surface area contributed by atoms with Gasteiger partial charge < -0.3 is 23.9 Å². The van der Waals surface area contributed by atoms with E-state index < -0.39 is 0 Å². The van der Waals surface area contributed by atoms with Crippen molar-refractivity contribution < 1.29 is 36.5 Å². The molecule has 22 valence electrons. The minimum Gasteiger partial charge on any atom is -1.00 e. The minimum absolute atomic E-state index is 0. The van der Waals surface area contributed by atoms with Gasteiger partial charge in [-0.3, -0.25) is 0 Å². The molecule has 0 aromatic rings. The van der Waals surface area contributed by atoms with Gasteiger partial charge in [0.25, 0.3) is 0 Å². The van der Waals surface area contributed by atoms with E-state index in [2.05, 4.69) is 6.92 Å². The molecule has 0 rings (SSSR count). The van der Waals surface area contributed by atoms with Gasteiger partial charge >= 0.3 is 19.5 Å². The van der Waals surface area contributed by atoms with Crippen molar-refractivity contribution in [2.45, 2.75) is 6.92 Å². The molecule has 0 heterocycles. The predicted molar refractivity (Wildman–Crippen MR) is 11.0 cm³/mol. The minimum atomic E-state index is 0. The van der Waals surface area contributed by atoms with Gasteiger partial charge in [-0.25, -0.2) is 0 Å². The van der Waals surface area contributed by atoms with E-state index in [1.54, 1.807) is 6.92 Å². The average Bonchev–Trinajstić information content (AvgIpc) is 1.00. The van der Waals surface area contributed by atoms with Crippen LogP contribution in [0.4, 0.5) is 0 Å². The largest absolute Gasteiger partial charge is 2.00 e.